The molecule has 0 spiro atoms. The summed E-state index contributed by atoms with van der Waals surface area (Å²) in [6.45, 7) is 7.43. The Kier molecular flexibility index (Phi) is 3.55. The molecule has 2 aliphatic carbocycles. The predicted molar refractivity (Wildman–Crippen MR) is 89.8 cm³/mol. The number of anilines is 1. The lowest BCUT2D eigenvalue weighted by molar-refractivity contribution is -0.384. The van der Waals surface area contributed by atoms with Gasteiger partial charge in [-0.2, -0.15) is 0 Å². The summed E-state index contributed by atoms with van der Waals surface area (Å²) in [6, 6.07) is 3.23. The van der Waals surface area contributed by atoms with Crippen LogP contribution in [0.5, 0.6) is 0 Å². The number of hydrogen-bond donors (Lipinski definition) is 1. The van der Waals surface area contributed by atoms with Gasteiger partial charge in [0.2, 0.25) is 5.91 Å². The number of benzene rings is 1. The van der Waals surface area contributed by atoms with E-state index in [2.05, 4.69) is 5.32 Å². The average molecular weight is 330 g/mol. The lowest BCUT2D eigenvalue weighted by Crippen LogP contribution is -2.46. The Balaban J connectivity index is 2.03. The fourth-order valence-corrected chi connectivity index (χ4v) is 4.68. The van der Waals surface area contributed by atoms with Crippen LogP contribution in [0.3, 0.4) is 0 Å². The van der Waals surface area contributed by atoms with Crippen molar-refractivity contribution in [1.82, 2.24) is 0 Å². The van der Waals surface area contributed by atoms with Crippen LogP contribution in [0, 0.1) is 40.7 Å². The predicted octanol–water partition coefficient (Wildman–Crippen LogP) is 3.55. The van der Waals surface area contributed by atoms with Gasteiger partial charge < -0.3 is 5.32 Å². The van der Waals surface area contributed by atoms with Crippen molar-refractivity contribution >= 4 is 23.1 Å². The highest BCUT2D eigenvalue weighted by atomic mass is 16.6. The Bertz CT molecular complexity index is 769. The van der Waals surface area contributed by atoms with Crippen LogP contribution in [0.4, 0.5) is 11.4 Å². The van der Waals surface area contributed by atoms with Crippen LogP contribution in [0.2, 0.25) is 0 Å². The SMILES string of the molecule is Cc1cc(C)c(NC(=O)C23CCC(CC2=O)C3(C)C)c([N+](=O)[O-])c1. The number of carbonyl (C=O) groups excluding carboxylic acids is 2. The summed E-state index contributed by atoms with van der Waals surface area (Å²) in [7, 11) is 0. The number of nitrogens with zero attached hydrogens (tertiary/aromatic N) is 1. The van der Waals surface area contributed by atoms with Crippen LogP contribution in [0.1, 0.15) is 44.2 Å². The van der Waals surface area contributed by atoms with Gasteiger partial charge in [0.1, 0.15) is 16.9 Å². The van der Waals surface area contributed by atoms with E-state index in [-0.39, 0.29) is 23.1 Å². The van der Waals surface area contributed by atoms with Crippen molar-refractivity contribution in [2.45, 2.75) is 47.0 Å². The van der Waals surface area contributed by atoms with Crippen LogP contribution in [-0.2, 0) is 9.59 Å². The first-order chi connectivity index (χ1) is 11.1. The molecule has 128 valence electrons. The molecule has 3 rings (SSSR count). The quantitative estimate of drug-likeness (QED) is 0.521. The Hall–Kier alpha value is -2.24. The monoisotopic (exact) mass is 330 g/mol. The number of fused-ring (bicyclic) bond motifs is 2. The molecule has 6 nitrogen and oxygen atoms in total. The van der Waals surface area contributed by atoms with Crippen molar-refractivity contribution in [3.05, 3.63) is 33.4 Å². The maximum Gasteiger partial charge on any atom is 0.293 e. The third kappa shape index (κ3) is 2.01. The summed E-state index contributed by atoms with van der Waals surface area (Å²) >= 11 is 0. The molecule has 2 fully saturated rings. The minimum absolute atomic E-state index is 0.0336. The normalized spacial score (nSPS) is 27.3. The van der Waals surface area contributed by atoms with Gasteiger partial charge in [0.15, 0.2) is 0 Å². The summed E-state index contributed by atoms with van der Waals surface area (Å²) in [6.07, 6.45) is 1.80. The molecule has 2 bridgehead atoms. The Morgan fingerprint density at radius 2 is 2.00 bits per heavy atom. The van der Waals surface area contributed by atoms with E-state index in [0.717, 1.165) is 12.0 Å². The van der Waals surface area contributed by atoms with Gasteiger partial charge in [-0.25, -0.2) is 0 Å². The van der Waals surface area contributed by atoms with Crippen LogP contribution in [-0.4, -0.2) is 16.6 Å². The van der Waals surface area contributed by atoms with Crippen LogP contribution in [0.15, 0.2) is 12.1 Å². The molecule has 2 atom stereocenters. The molecule has 2 saturated carbocycles. The van der Waals surface area contributed by atoms with Gasteiger partial charge in [0.05, 0.1) is 4.92 Å². The molecule has 0 aliphatic heterocycles. The van der Waals surface area contributed by atoms with E-state index in [9.17, 15) is 19.7 Å². The summed E-state index contributed by atoms with van der Waals surface area (Å²) in [5.41, 5.74) is -0.0264. The number of nitro groups is 1. The lowest BCUT2D eigenvalue weighted by atomic mass is 9.68. The molecule has 2 aliphatic rings. The average Bonchev–Trinajstić information content (AvgIpc) is 2.84. The highest BCUT2D eigenvalue weighted by Gasteiger charge is 2.68. The first kappa shape index (κ1) is 16.6. The molecule has 0 radical (unpaired) electrons. The number of carbonyl (C=O) groups is 2. The molecule has 1 aromatic rings. The van der Waals surface area contributed by atoms with E-state index < -0.39 is 21.7 Å². The highest BCUT2D eigenvalue weighted by Crippen LogP contribution is 2.64. The molecule has 24 heavy (non-hydrogen) atoms. The second kappa shape index (κ2) is 5.13. The number of nitro benzene ring substituents is 1. The Morgan fingerprint density at radius 1 is 1.33 bits per heavy atom. The van der Waals surface area contributed by atoms with Crippen LogP contribution < -0.4 is 5.32 Å². The van der Waals surface area contributed by atoms with Crippen molar-refractivity contribution in [2.75, 3.05) is 5.32 Å². The molecule has 1 aromatic carbocycles. The molecule has 6 heteroatoms. The summed E-state index contributed by atoms with van der Waals surface area (Å²) in [4.78, 5) is 36.5. The number of rotatable bonds is 3. The molecular weight excluding hydrogens is 308 g/mol. The highest BCUT2D eigenvalue weighted by molar-refractivity contribution is 6.14. The minimum atomic E-state index is -1.07. The van der Waals surface area contributed by atoms with Gasteiger partial charge in [-0.05, 0) is 49.1 Å². The van der Waals surface area contributed by atoms with Gasteiger partial charge in [0.25, 0.3) is 5.69 Å². The van der Waals surface area contributed by atoms with Crippen molar-refractivity contribution < 1.29 is 14.5 Å². The van der Waals surface area contributed by atoms with Gasteiger partial charge in [-0.1, -0.05) is 19.9 Å². The largest absolute Gasteiger partial charge is 0.319 e. The number of hydrogen-bond acceptors (Lipinski definition) is 4. The first-order valence-corrected chi connectivity index (χ1v) is 8.21. The minimum Gasteiger partial charge on any atom is -0.319 e. The van der Waals surface area contributed by atoms with E-state index in [0.29, 0.717) is 18.4 Å². The summed E-state index contributed by atoms with van der Waals surface area (Å²) in [5.74, 6) is -0.217. The molecule has 2 unspecified atom stereocenters. The van der Waals surface area contributed by atoms with Gasteiger partial charge in [-0.15, -0.1) is 0 Å². The number of Topliss-reactive ketones (excluding diaryl/α,β-unsaturated/α-hetero) is 1. The maximum atomic E-state index is 13.1. The van der Waals surface area contributed by atoms with Gasteiger partial charge in [-0.3, -0.25) is 19.7 Å². The molecule has 1 amide bonds. The zero-order valence-corrected chi connectivity index (χ0v) is 14.4. The van der Waals surface area contributed by atoms with Crippen molar-refractivity contribution in [1.29, 1.82) is 0 Å². The molecule has 0 heterocycles. The number of aryl methyl sites for hydroxylation is 2. The van der Waals surface area contributed by atoms with Crippen molar-refractivity contribution in [2.24, 2.45) is 16.7 Å². The van der Waals surface area contributed by atoms with Crippen molar-refractivity contribution in [3.63, 3.8) is 0 Å². The van der Waals surface area contributed by atoms with E-state index in [4.69, 9.17) is 0 Å². The van der Waals surface area contributed by atoms with Crippen LogP contribution >= 0.6 is 0 Å². The Labute approximate surface area is 140 Å². The standard InChI is InChI=1S/C18H22N2O4/c1-10-7-11(2)15(13(8-10)20(23)24)19-16(22)18-6-5-12(9-14(18)21)17(18,3)4/h7-8,12H,5-6,9H2,1-4H3,(H,19,22). The number of nitrogens with one attached hydrogen (secondary N) is 1. The first-order valence-electron chi connectivity index (χ1n) is 8.21. The third-order valence-corrected chi connectivity index (χ3v) is 6.18. The third-order valence-electron chi connectivity index (χ3n) is 6.18. The summed E-state index contributed by atoms with van der Waals surface area (Å²) < 4.78 is 0. The zero-order valence-electron chi connectivity index (χ0n) is 14.4. The second-order valence-electron chi connectivity index (χ2n) is 7.68. The van der Waals surface area contributed by atoms with Crippen LogP contribution in [0.25, 0.3) is 0 Å². The van der Waals surface area contributed by atoms with Crippen molar-refractivity contribution in [3.8, 4) is 0 Å². The number of amides is 1. The smallest absolute Gasteiger partial charge is 0.293 e. The van der Waals surface area contributed by atoms with E-state index >= 15 is 0 Å². The Morgan fingerprint density at radius 3 is 2.50 bits per heavy atom. The number of ketones is 1. The topological polar surface area (TPSA) is 89.3 Å². The second-order valence-corrected chi connectivity index (χ2v) is 7.68. The fraction of sp³-hybridized carbons (Fsp3) is 0.556. The van der Waals surface area contributed by atoms with Gasteiger partial charge >= 0.3 is 0 Å². The molecular formula is C18H22N2O4. The molecule has 1 N–H and O–H groups in total. The maximum absolute atomic E-state index is 13.1. The molecule has 0 aromatic heterocycles. The van der Waals surface area contributed by atoms with Gasteiger partial charge in [0, 0.05) is 12.5 Å². The molecule has 0 saturated heterocycles. The van der Waals surface area contributed by atoms with E-state index in [1.54, 1.807) is 19.9 Å². The van der Waals surface area contributed by atoms with E-state index in [1.807, 2.05) is 13.8 Å². The van der Waals surface area contributed by atoms with E-state index in [1.165, 1.54) is 6.07 Å². The fourth-order valence-electron chi connectivity index (χ4n) is 4.68. The summed E-state index contributed by atoms with van der Waals surface area (Å²) in [5, 5.41) is 14.1. The lowest BCUT2D eigenvalue weighted by Gasteiger charge is -2.35. The zero-order chi connectivity index (χ0) is 17.9.